The quantitative estimate of drug-likeness (QED) is 0.800. The molecule has 0 spiro atoms. The minimum atomic E-state index is 0.134. The summed E-state index contributed by atoms with van der Waals surface area (Å²) in [4.78, 5) is 17.6. The van der Waals surface area contributed by atoms with Gasteiger partial charge in [0.1, 0.15) is 5.76 Å². The molecule has 0 aliphatic heterocycles. The first-order valence-electron chi connectivity index (χ1n) is 6.10. The zero-order valence-electron chi connectivity index (χ0n) is 10.4. The molecule has 1 saturated carbocycles. The Morgan fingerprint density at radius 1 is 1.65 bits per heavy atom. The molecule has 0 radical (unpaired) electrons. The normalized spacial score (nSPS) is 14.9. The van der Waals surface area contributed by atoms with Crippen LogP contribution in [-0.4, -0.2) is 35.4 Å². The van der Waals surface area contributed by atoms with Gasteiger partial charge in [-0.3, -0.25) is 10.1 Å². The standard InChI is InChI=1S/C12H19N3O2/c1-3-10-6-14-11(17-10)7-13-8-12(16)15(2)9-4-5-9/h6,9,13H,3-5,7-8H2,1-2H3. The molecule has 1 N–H and O–H groups in total. The van der Waals surface area contributed by atoms with Gasteiger partial charge in [0.05, 0.1) is 19.3 Å². The molecule has 2 rings (SSSR count). The highest BCUT2D eigenvalue weighted by atomic mass is 16.4. The second-order valence-corrected chi connectivity index (χ2v) is 4.41. The maximum Gasteiger partial charge on any atom is 0.236 e. The first kappa shape index (κ1) is 12.1. The molecule has 5 nitrogen and oxygen atoms in total. The fraction of sp³-hybridized carbons (Fsp3) is 0.667. The lowest BCUT2D eigenvalue weighted by Gasteiger charge is -2.15. The first-order valence-corrected chi connectivity index (χ1v) is 6.10. The van der Waals surface area contributed by atoms with Crippen molar-refractivity contribution in [2.45, 2.75) is 38.8 Å². The Morgan fingerprint density at radius 3 is 3.00 bits per heavy atom. The smallest absolute Gasteiger partial charge is 0.236 e. The van der Waals surface area contributed by atoms with Crippen molar-refractivity contribution in [3.63, 3.8) is 0 Å². The number of aromatic nitrogens is 1. The Morgan fingerprint density at radius 2 is 2.41 bits per heavy atom. The average Bonchev–Trinajstić information content (AvgIpc) is 3.08. The van der Waals surface area contributed by atoms with E-state index in [0.29, 0.717) is 25.0 Å². The van der Waals surface area contributed by atoms with Gasteiger partial charge < -0.3 is 9.32 Å². The Kier molecular flexibility index (Phi) is 3.78. The van der Waals surface area contributed by atoms with E-state index in [4.69, 9.17) is 4.42 Å². The molecule has 1 aliphatic rings. The second-order valence-electron chi connectivity index (χ2n) is 4.41. The summed E-state index contributed by atoms with van der Waals surface area (Å²) in [5.41, 5.74) is 0. The van der Waals surface area contributed by atoms with Crippen molar-refractivity contribution < 1.29 is 9.21 Å². The number of hydrogen-bond donors (Lipinski definition) is 1. The van der Waals surface area contributed by atoms with Gasteiger partial charge in [-0.25, -0.2) is 4.98 Å². The molecule has 1 aromatic rings. The third-order valence-corrected chi connectivity index (χ3v) is 2.99. The number of nitrogens with zero attached hydrogens (tertiary/aromatic N) is 2. The number of hydrogen-bond acceptors (Lipinski definition) is 4. The molecule has 1 fully saturated rings. The van der Waals surface area contributed by atoms with E-state index in [9.17, 15) is 4.79 Å². The Labute approximate surface area is 101 Å². The van der Waals surface area contributed by atoms with Crippen LogP contribution in [0.5, 0.6) is 0 Å². The van der Waals surface area contributed by atoms with Crippen molar-refractivity contribution in [2.24, 2.45) is 0 Å². The zero-order chi connectivity index (χ0) is 12.3. The van der Waals surface area contributed by atoms with E-state index < -0.39 is 0 Å². The van der Waals surface area contributed by atoms with Crippen molar-refractivity contribution >= 4 is 5.91 Å². The number of carbonyl (C=O) groups excluding carboxylic acids is 1. The molecule has 0 atom stereocenters. The maximum absolute atomic E-state index is 11.7. The Hall–Kier alpha value is -1.36. The summed E-state index contributed by atoms with van der Waals surface area (Å²) in [6.07, 6.45) is 4.86. The van der Waals surface area contributed by atoms with Crippen LogP contribution in [0.25, 0.3) is 0 Å². The highest BCUT2D eigenvalue weighted by Gasteiger charge is 2.29. The fourth-order valence-electron chi connectivity index (χ4n) is 1.66. The number of carbonyl (C=O) groups is 1. The number of oxazole rings is 1. The largest absolute Gasteiger partial charge is 0.444 e. The summed E-state index contributed by atoms with van der Waals surface area (Å²) in [6, 6.07) is 0.470. The average molecular weight is 237 g/mol. The molecular weight excluding hydrogens is 218 g/mol. The molecule has 1 heterocycles. The van der Waals surface area contributed by atoms with Crippen LogP contribution in [0.15, 0.2) is 10.6 Å². The monoisotopic (exact) mass is 237 g/mol. The highest BCUT2D eigenvalue weighted by molar-refractivity contribution is 5.78. The van der Waals surface area contributed by atoms with Crippen molar-refractivity contribution in [1.82, 2.24) is 15.2 Å². The van der Waals surface area contributed by atoms with Gasteiger partial charge in [0.25, 0.3) is 0 Å². The number of aryl methyl sites for hydroxylation is 1. The van der Waals surface area contributed by atoms with Gasteiger partial charge in [0.15, 0.2) is 0 Å². The van der Waals surface area contributed by atoms with Crippen molar-refractivity contribution in [1.29, 1.82) is 0 Å². The highest BCUT2D eigenvalue weighted by Crippen LogP contribution is 2.25. The zero-order valence-corrected chi connectivity index (χ0v) is 10.4. The van der Waals surface area contributed by atoms with Crippen LogP contribution in [0.4, 0.5) is 0 Å². The third kappa shape index (κ3) is 3.30. The topological polar surface area (TPSA) is 58.4 Å². The number of rotatable bonds is 6. The van der Waals surface area contributed by atoms with Gasteiger partial charge in [0.2, 0.25) is 11.8 Å². The summed E-state index contributed by atoms with van der Waals surface area (Å²) >= 11 is 0. The van der Waals surface area contributed by atoms with Crippen LogP contribution >= 0.6 is 0 Å². The van der Waals surface area contributed by atoms with Crippen molar-refractivity contribution in [3.8, 4) is 0 Å². The van der Waals surface area contributed by atoms with Crippen LogP contribution < -0.4 is 5.32 Å². The molecule has 0 aromatic carbocycles. The van der Waals surface area contributed by atoms with Crippen molar-refractivity contribution in [2.75, 3.05) is 13.6 Å². The van der Waals surface area contributed by atoms with E-state index in [2.05, 4.69) is 10.3 Å². The van der Waals surface area contributed by atoms with Crippen LogP contribution in [0.2, 0.25) is 0 Å². The summed E-state index contributed by atoms with van der Waals surface area (Å²) in [6.45, 7) is 2.87. The van der Waals surface area contributed by atoms with Crippen LogP contribution in [0, 0.1) is 0 Å². The lowest BCUT2D eigenvalue weighted by atomic mass is 10.4. The van der Waals surface area contributed by atoms with Crippen molar-refractivity contribution in [3.05, 3.63) is 17.8 Å². The van der Waals surface area contributed by atoms with Gasteiger partial charge in [-0.15, -0.1) is 0 Å². The van der Waals surface area contributed by atoms with Gasteiger partial charge in [0, 0.05) is 19.5 Å². The predicted octanol–water partition coefficient (Wildman–Crippen LogP) is 0.947. The molecule has 5 heteroatoms. The fourth-order valence-corrected chi connectivity index (χ4v) is 1.66. The van der Waals surface area contributed by atoms with E-state index in [0.717, 1.165) is 25.0 Å². The van der Waals surface area contributed by atoms with Crippen LogP contribution in [0.3, 0.4) is 0 Å². The third-order valence-electron chi connectivity index (χ3n) is 2.99. The SMILES string of the molecule is CCc1cnc(CNCC(=O)N(C)C2CC2)o1. The predicted molar refractivity (Wildman–Crippen MR) is 63.4 cm³/mol. The first-order chi connectivity index (χ1) is 8.20. The van der Waals surface area contributed by atoms with E-state index in [1.54, 1.807) is 6.20 Å². The van der Waals surface area contributed by atoms with Gasteiger partial charge in [-0.2, -0.15) is 0 Å². The Balaban J connectivity index is 1.69. The maximum atomic E-state index is 11.7. The van der Waals surface area contributed by atoms with Gasteiger partial charge in [-0.1, -0.05) is 6.92 Å². The summed E-state index contributed by atoms with van der Waals surface area (Å²) in [5, 5.41) is 3.05. The second kappa shape index (κ2) is 5.31. The minimum Gasteiger partial charge on any atom is -0.444 e. The molecule has 0 bridgehead atoms. The lowest BCUT2D eigenvalue weighted by molar-refractivity contribution is -0.129. The summed E-state index contributed by atoms with van der Waals surface area (Å²) in [7, 11) is 1.86. The van der Waals surface area contributed by atoms with E-state index in [1.807, 2.05) is 18.9 Å². The minimum absolute atomic E-state index is 0.134. The van der Waals surface area contributed by atoms with Crippen LogP contribution in [-0.2, 0) is 17.8 Å². The number of likely N-dealkylation sites (N-methyl/N-ethyl adjacent to an activating group) is 1. The van der Waals surface area contributed by atoms with E-state index >= 15 is 0 Å². The molecule has 1 aliphatic carbocycles. The molecular formula is C12H19N3O2. The summed E-state index contributed by atoms with van der Waals surface area (Å²) < 4.78 is 5.44. The lowest BCUT2D eigenvalue weighted by Crippen LogP contribution is -2.36. The number of nitrogens with one attached hydrogen (secondary N) is 1. The molecule has 0 saturated heterocycles. The molecule has 1 aromatic heterocycles. The molecule has 1 amide bonds. The van der Waals surface area contributed by atoms with Gasteiger partial charge >= 0.3 is 0 Å². The van der Waals surface area contributed by atoms with Gasteiger partial charge in [-0.05, 0) is 12.8 Å². The Bertz CT molecular complexity index is 385. The van der Waals surface area contributed by atoms with E-state index in [1.165, 1.54) is 0 Å². The summed E-state index contributed by atoms with van der Waals surface area (Å²) in [5.74, 6) is 1.65. The molecule has 17 heavy (non-hydrogen) atoms. The number of amides is 1. The molecule has 94 valence electrons. The van der Waals surface area contributed by atoms with E-state index in [-0.39, 0.29) is 5.91 Å². The molecule has 0 unspecified atom stereocenters. The van der Waals surface area contributed by atoms with Crippen LogP contribution in [0.1, 0.15) is 31.4 Å².